The molecule has 1 aliphatic heterocycles. The van der Waals surface area contributed by atoms with Crippen LogP contribution in [0.3, 0.4) is 0 Å². The van der Waals surface area contributed by atoms with Crippen molar-refractivity contribution in [2.75, 3.05) is 11.1 Å². The number of carbonyl (C=O) groups is 1. The van der Waals surface area contributed by atoms with Crippen molar-refractivity contribution in [2.24, 2.45) is 0 Å². The molecule has 0 saturated carbocycles. The summed E-state index contributed by atoms with van der Waals surface area (Å²) < 4.78 is 34.7. The Morgan fingerprint density at radius 3 is 2.74 bits per heavy atom. The summed E-state index contributed by atoms with van der Waals surface area (Å²) in [5.41, 5.74) is 5.69. The largest absolute Gasteiger partial charge is 0.397 e. The zero-order valence-corrected chi connectivity index (χ0v) is 18.3. The van der Waals surface area contributed by atoms with Crippen LogP contribution in [-0.4, -0.2) is 44.4 Å². The summed E-state index contributed by atoms with van der Waals surface area (Å²) in [7, 11) is 0. The van der Waals surface area contributed by atoms with E-state index in [0.717, 1.165) is 12.1 Å². The summed E-state index contributed by atoms with van der Waals surface area (Å²) in [5.74, 6) is -2.32. The maximum atomic E-state index is 14.5. The number of rotatable bonds is 5. The minimum atomic E-state index is -1.01. The van der Waals surface area contributed by atoms with Gasteiger partial charge in [-0.15, -0.1) is 0 Å². The Morgan fingerprint density at radius 2 is 2.00 bits per heavy atom. The summed E-state index contributed by atoms with van der Waals surface area (Å²) in [6.07, 6.45) is 0.284. The van der Waals surface area contributed by atoms with Crippen LogP contribution in [0.25, 0.3) is 11.3 Å². The molecule has 3 heterocycles. The number of anilines is 2. The van der Waals surface area contributed by atoms with E-state index in [4.69, 9.17) is 10.5 Å². The second-order valence-corrected chi connectivity index (χ2v) is 8.02. The third-order valence-electron chi connectivity index (χ3n) is 5.77. The van der Waals surface area contributed by atoms with Crippen LogP contribution >= 0.6 is 0 Å². The van der Waals surface area contributed by atoms with Crippen molar-refractivity contribution in [3.8, 4) is 11.3 Å². The second kappa shape index (κ2) is 9.80. The fourth-order valence-electron chi connectivity index (χ4n) is 3.99. The van der Waals surface area contributed by atoms with Crippen molar-refractivity contribution in [1.82, 2.24) is 9.97 Å². The van der Waals surface area contributed by atoms with Gasteiger partial charge in [0.25, 0.3) is 5.91 Å². The number of ether oxygens (including phenoxy) is 1. The maximum absolute atomic E-state index is 14.5. The molecule has 1 aromatic carbocycles. The second-order valence-electron chi connectivity index (χ2n) is 8.02. The van der Waals surface area contributed by atoms with Gasteiger partial charge in [-0.1, -0.05) is 19.1 Å². The molecule has 0 spiro atoms. The summed E-state index contributed by atoms with van der Waals surface area (Å²) in [6.45, 7) is 1.83. The number of hydrogen-bond donors (Lipinski definition) is 4. The molecule has 8 nitrogen and oxygen atoms in total. The van der Waals surface area contributed by atoms with Crippen molar-refractivity contribution in [2.45, 2.75) is 44.2 Å². The molecule has 4 rings (SSSR count). The van der Waals surface area contributed by atoms with Gasteiger partial charge in [-0.25, -0.2) is 13.8 Å². The maximum Gasteiger partial charge on any atom is 0.276 e. The number of carbonyl (C=O) groups excluding carboxylic acids is 1. The lowest BCUT2D eigenvalue weighted by atomic mass is 9.92. The van der Waals surface area contributed by atoms with Gasteiger partial charge in [-0.05, 0) is 24.6 Å². The Balaban J connectivity index is 1.65. The first-order valence-electron chi connectivity index (χ1n) is 10.8. The number of benzene rings is 1. The highest BCUT2D eigenvalue weighted by Crippen LogP contribution is 2.36. The average Bonchev–Trinajstić information content (AvgIpc) is 2.82. The van der Waals surface area contributed by atoms with E-state index in [2.05, 4.69) is 15.3 Å². The molecule has 1 saturated heterocycles. The van der Waals surface area contributed by atoms with E-state index in [0.29, 0.717) is 12.0 Å². The SMILES string of the molecule is CCC1OC(c2ccncc2NC(=O)c2nc(-c3ccccc3F)c(F)cc2N)CC(O)C1O. The number of pyridine rings is 2. The number of aliphatic hydroxyl groups excluding tert-OH is 2. The Labute approximate surface area is 194 Å². The number of nitrogen functional groups attached to an aromatic ring is 1. The van der Waals surface area contributed by atoms with Crippen LogP contribution in [0.4, 0.5) is 20.2 Å². The molecule has 4 atom stereocenters. The molecule has 4 unspecified atom stereocenters. The zero-order valence-electron chi connectivity index (χ0n) is 18.3. The summed E-state index contributed by atoms with van der Waals surface area (Å²) in [4.78, 5) is 21.1. The van der Waals surface area contributed by atoms with E-state index in [1.165, 1.54) is 30.6 Å². The van der Waals surface area contributed by atoms with Gasteiger partial charge in [0.1, 0.15) is 17.6 Å². The molecule has 1 aliphatic rings. The van der Waals surface area contributed by atoms with Gasteiger partial charge in [-0.3, -0.25) is 9.78 Å². The van der Waals surface area contributed by atoms with E-state index in [1.807, 2.05) is 6.92 Å². The van der Waals surface area contributed by atoms with Crippen LogP contribution < -0.4 is 11.1 Å². The number of aliphatic hydroxyl groups is 2. The molecular weight excluding hydrogens is 446 g/mol. The van der Waals surface area contributed by atoms with Crippen LogP contribution in [-0.2, 0) is 4.74 Å². The van der Waals surface area contributed by atoms with Crippen LogP contribution in [0.2, 0.25) is 0 Å². The number of hydrogen-bond acceptors (Lipinski definition) is 7. The summed E-state index contributed by atoms with van der Waals surface area (Å²) >= 11 is 0. The Hall–Kier alpha value is -3.47. The standard InChI is InChI=1S/C24H24F2N4O4/c1-2-19-23(32)18(31)10-20(34-19)13-7-8-28-11-17(13)29-24(33)22-16(27)9-15(26)21(30-22)12-5-3-4-6-14(12)25/h3-9,11,18-20,23,31-32H,2,10,27H2,1H3,(H,29,33). The Bertz CT molecular complexity index is 1210. The lowest BCUT2D eigenvalue weighted by Crippen LogP contribution is -2.45. The van der Waals surface area contributed by atoms with Crippen LogP contribution in [0.5, 0.6) is 0 Å². The van der Waals surface area contributed by atoms with Gasteiger partial charge in [0.15, 0.2) is 11.5 Å². The van der Waals surface area contributed by atoms with Crippen molar-refractivity contribution in [3.63, 3.8) is 0 Å². The molecule has 5 N–H and O–H groups in total. The number of nitrogens with zero attached hydrogens (tertiary/aromatic N) is 2. The van der Waals surface area contributed by atoms with Gasteiger partial charge < -0.3 is 26.0 Å². The molecule has 10 heteroatoms. The highest BCUT2D eigenvalue weighted by molar-refractivity contribution is 6.06. The predicted molar refractivity (Wildman–Crippen MR) is 121 cm³/mol. The molecular formula is C24H24F2N4O4. The molecule has 0 aliphatic carbocycles. The molecule has 34 heavy (non-hydrogen) atoms. The number of nitrogens with one attached hydrogen (secondary N) is 1. The number of halogens is 2. The number of amides is 1. The van der Waals surface area contributed by atoms with Gasteiger partial charge in [-0.2, -0.15) is 0 Å². The monoisotopic (exact) mass is 470 g/mol. The van der Waals surface area contributed by atoms with Gasteiger partial charge in [0, 0.05) is 29.8 Å². The van der Waals surface area contributed by atoms with Crippen molar-refractivity contribution < 1.29 is 28.5 Å². The first-order valence-corrected chi connectivity index (χ1v) is 10.8. The average molecular weight is 470 g/mol. The van der Waals surface area contributed by atoms with Crippen LogP contribution in [0.15, 0.2) is 48.8 Å². The molecule has 2 aromatic heterocycles. The number of aromatic nitrogens is 2. The van der Waals surface area contributed by atoms with E-state index >= 15 is 0 Å². The third-order valence-corrected chi connectivity index (χ3v) is 5.77. The lowest BCUT2D eigenvalue weighted by Gasteiger charge is -2.37. The van der Waals surface area contributed by atoms with E-state index in [-0.39, 0.29) is 34.7 Å². The van der Waals surface area contributed by atoms with E-state index < -0.39 is 42.0 Å². The zero-order chi connectivity index (χ0) is 24.4. The minimum Gasteiger partial charge on any atom is -0.397 e. The predicted octanol–water partition coefficient (Wildman–Crippen LogP) is 3.22. The van der Waals surface area contributed by atoms with E-state index in [1.54, 1.807) is 6.07 Å². The van der Waals surface area contributed by atoms with Crippen LogP contribution in [0.1, 0.15) is 41.9 Å². The fourth-order valence-corrected chi connectivity index (χ4v) is 3.99. The molecule has 1 fully saturated rings. The Kier molecular flexibility index (Phi) is 6.82. The molecule has 0 radical (unpaired) electrons. The smallest absolute Gasteiger partial charge is 0.276 e. The van der Waals surface area contributed by atoms with Crippen LogP contribution in [0, 0.1) is 11.6 Å². The highest BCUT2D eigenvalue weighted by Gasteiger charge is 2.37. The van der Waals surface area contributed by atoms with Crippen molar-refractivity contribution in [1.29, 1.82) is 0 Å². The molecule has 1 amide bonds. The van der Waals surface area contributed by atoms with Gasteiger partial charge in [0.2, 0.25) is 0 Å². The molecule has 3 aromatic rings. The lowest BCUT2D eigenvalue weighted by molar-refractivity contribution is -0.170. The first kappa shape index (κ1) is 23.7. The fraction of sp³-hybridized carbons (Fsp3) is 0.292. The Morgan fingerprint density at radius 1 is 1.24 bits per heavy atom. The summed E-state index contributed by atoms with van der Waals surface area (Å²) in [6, 6.07) is 8.04. The summed E-state index contributed by atoms with van der Waals surface area (Å²) in [5, 5.41) is 23.0. The molecule has 0 bridgehead atoms. The topological polar surface area (TPSA) is 131 Å². The normalized spacial score (nSPS) is 22.4. The van der Waals surface area contributed by atoms with Gasteiger partial charge in [0.05, 0.1) is 35.9 Å². The molecule has 178 valence electrons. The van der Waals surface area contributed by atoms with E-state index in [9.17, 15) is 23.8 Å². The van der Waals surface area contributed by atoms with Crippen molar-refractivity contribution in [3.05, 3.63) is 71.7 Å². The quantitative estimate of drug-likeness (QED) is 0.450. The minimum absolute atomic E-state index is 0.107. The highest BCUT2D eigenvalue weighted by atomic mass is 19.1. The number of nitrogens with two attached hydrogens (primary N) is 1. The van der Waals surface area contributed by atoms with Crippen molar-refractivity contribution >= 4 is 17.3 Å². The first-order chi connectivity index (χ1) is 16.3. The van der Waals surface area contributed by atoms with Gasteiger partial charge >= 0.3 is 0 Å². The third kappa shape index (κ3) is 4.60.